The molecule has 0 spiro atoms. The molecule has 1 atom stereocenters. The first kappa shape index (κ1) is 14.2. The number of benzene rings is 1. The maximum Gasteiger partial charge on any atom is 0.129 e. The lowest BCUT2D eigenvalue weighted by Crippen LogP contribution is -2.29. The van der Waals surface area contributed by atoms with Crippen LogP contribution in [0.15, 0.2) is 36.5 Å². The Kier molecular flexibility index (Phi) is 4.71. The molecule has 0 bridgehead atoms. The van der Waals surface area contributed by atoms with Crippen LogP contribution in [0.25, 0.3) is 0 Å². The predicted octanol–water partition coefficient (Wildman–Crippen LogP) is 3.27. The number of nitrogens with zero attached hydrogens (tertiary/aromatic N) is 1. The molecule has 1 heterocycles. The number of rotatable bonds is 4. The molecule has 0 radical (unpaired) electrons. The second kappa shape index (κ2) is 6.30. The fourth-order valence-corrected chi connectivity index (χ4v) is 2.13. The van der Waals surface area contributed by atoms with Crippen LogP contribution < -0.4 is 11.3 Å². The van der Waals surface area contributed by atoms with Gasteiger partial charge in [-0.25, -0.2) is 9.37 Å². The molecule has 0 aliphatic rings. The highest BCUT2D eigenvalue weighted by Crippen LogP contribution is 2.24. The number of hydrogen-bond acceptors (Lipinski definition) is 3. The van der Waals surface area contributed by atoms with E-state index in [9.17, 15) is 4.39 Å². The molecule has 1 aromatic heterocycles. The van der Waals surface area contributed by atoms with Crippen molar-refractivity contribution in [3.63, 3.8) is 0 Å². The van der Waals surface area contributed by atoms with Crippen molar-refractivity contribution in [3.8, 4) is 0 Å². The minimum absolute atomic E-state index is 0.173. The Balaban J connectivity index is 2.21. The van der Waals surface area contributed by atoms with Gasteiger partial charge in [-0.1, -0.05) is 35.3 Å². The lowest BCUT2D eigenvalue weighted by Gasteiger charge is -2.17. The first-order chi connectivity index (χ1) is 9.10. The molecule has 2 rings (SSSR count). The standard InChI is InChI=1S/C13H12Cl2FN3/c14-11-6-10(16)3-1-8(11)5-12(19-17)9-2-4-13(15)18-7-9/h1-4,6-7,12,19H,5,17H2. The van der Waals surface area contributed by atoms with Crippen molar-refractivity contribution in [2.24, 2.45) is 5.84 Å². The zero-order valence-corrected chi connectivity index (χ0v) is 11.4. The second-order valence-corrected chi connectivity index (χ2v) is 4.87. The summed E-state index contributed by atoms with van der Waals surface area (Å²) in [5.74, 6) is 5.18. The molecule has 1 unspecified atom stereocenters. The van der Waals surface area contributed by atoms with E-state index in [1.165, 1.54) is 12.1 Å². The fraction of sp³-hybridized carbons (Fsp3) is 0.154. The van der Waals surface area contributed by atoms with Crippen LogP contribution in [0.4, 0.5) is 4.39 Å². The summed E-state index contributed by atoms with van der Waals surface area (Å²) in [6.07, 6.45) is 2.17. The first-order valence-corrected chi connectivity index (χ1v) is 6.37. The third-order valence-electron chi connectivity index (χ3n) is 2.79. The third kappa shape index (κ3) is 3.64. The van der Waals surface area contributed by atoms with Crippen molar-refractivity contribution >= 4 is 23.2 Å². The van der Waals surface area contributed by atoms with Crippen molar-refractivity contribution < 1.29 is 4.39 Å². The Morgan fingerprint density at radius 1 is 1.26 bits per heavy atom. The lowest BCUT2D eigenvalue weighted by molar-refractivity contribution is 0.549. The van der Waals surface area contributed by atoms with Crippen molar-refractivity contribution in [1.29, 1.82) is 0 Å². The summed E-state index contributed by atoms with van der Waals surface area (Å²) in [5.41, 5.74) is 4.38. The largest absolute Gasteiger partial charge is 0.271 e. The van der Waals surface area contributed by atoms with Crippen molar-refractivity contribution in [2.75, 3.05) is 0 Å². The highest BCUT2D eigenvalue weighted by Gasteiger charge is 2.13. The SMILES string of the molecule is NNC(Cc1ccc(F)cc1Cl)c1ccc(Cl)nc1. The minimum atomic E-state index is -0.362. The van der Waals surface area contributed by atoms with Crippen molar-refractivity contribution in [1.82, 2.24) is 10.4 Å². The molecule has 0 aliphatic heterocycles. The van der Waals surface area contributed by atoms with Crippen LogP contribution in [0.3, 0.4) is 0 Å². The molecule has 6 heteroatoms. The van der Waals surface area contributed by atoms with Crippen LogP contribution in [-0.4, -0.2) is 4.98 Å². The molecule has 0 saturated heterocycles. The van der Waals surface area contributed by atoms with Crippen LogP contribution in [0.5, 0.6) is 0 Å². The summed E-state index contributed by atoms with van der Waals surface area (Å²) in [7, 11) is 0. The summed E-state index contributed by atoms with van der Waals surface area (Å²) in [5, 5.41) is 0.793. The smallest absolute Gasteiger partial charge is 0.129 e. The number of nitrogens with two attached hydrogens (primary N) is 1. The highest BCUT2D eigenvalue weighted by molar-refractivity contribution is 6.31. The van der Waals surface area contributed by atoms with Gasteiger partial charge in [-0.3, -0.25) is 11.3 Å². The Labute approximate surface area is 120 Å². The van der Waals surface area contributed by atoms with Gasteiger partial charge in [0.25, 0.3) is 0 Å². The zero-order chi connectivity index (χ0) is 13.8. The van der Waals surface area contributed by atoms with Gasteiger partial charge in [0.15, 0.2) is 0 Å². The molecule has 19 heavy (non-hydrogen) atoms. The monoisotopic (exact) mass is 299 g/mol. The number of pyridine rings is 1. The molecule has 3 N–H and O–H groups in total. The molecule has 3 nitrogen and oxygen atoms in total. The molecule has 1 aromatic carbocycles. The number of halogens is 3. The molecule has 2 aromatic rings. The third-order valence-corrected chi connectivity index (χ3v) is 3.37. The van der Waals surface area contributed by atoms with Crippen LogP contribution in [0, 0.1) is 5.82 Å². The summed E-state index contributed by atoms with van der Waals surface area (Å²) < 4.78 is 13.0. The van der Waals surface area contributed by atoms with E-state index in [1.807, 2.05) is 6.07 Å². The van der Waals surface area contributed by atoms with E-state index in [0.29, 0.717) is 16.6 Å². The van der Waals surface area contributed by atoms with Crippen LogP contribution in [0.2, 0.25) is 10.2 Å². The Morgan fingerprint density at radius 2 is 2.05 bits per heavy atom. The van der Waals surface area contributed by atoms with E-state index in [-0.39, 0.29) is 11.9 Å². The molecular formula is C13H12Cl2FN3. The van der Waals surface area contributed by atoms with Crippen molar-refractivity contribution in [2.45, 2.75) is 12.5 Å². The summed E-state index contributed by atoms with van der Waals surface area (Å²) in [4.78, 5) is 4.00. The number of aromatic nitrogens is 1. The quantitative estimate of drug-likeness (QED) is 0.517. The van der Waals surface area contributed by atoms with E-state index < -0.39 is 0 Å². The number of hydrogen-bond donors (Lipinski definition) is 2. The van der Waals surface area contributed by atoms with Crippen LogP contribution >= 0.6 is 23.2 Å². The van der Waals surface area contributed by atoms with E-state index in [0.717, 1.165) is 11.1 Å². The van der Waals surface area contributed by atoms with E-state index >= 15 is 0 Å². The maximum atomic E-state index is 13.0. The average molecular weight is 300 g/mol. The van der Waals surface area contributed by atoms with Gasteiger partial charge in [-0.05, 0) is 35.7 Å². The number of nitrogens with one attached hydrogen (secondary N) is 1. The average Bonchev–Trinajstić information content (AvgIpc) is 2.39. The molecule has 0 saturated carbocycles. The summed E-state index contributed by atoms with van der Waals surface area (Å²) in [6, 6.07) is 7.64. The molecule has 0 fully saturated rings. The van der Waals surface area contributed by atoms with Gasteiger partial charge in [0.05, 0.1) is 6.04 Å². The molecular weight excluding hydrogens is 288 g/mol. The highest BCUT2D eigenvalue weighted by atomic mass is 35.5. The minimum Gasteiger partial charge on any atom is -0.271 e. The van der Waals surface area contributed by atoms with Gasteiger partial charge in [0.1, 0.15) is 11.0 Å². The predicted molar refractivity (Wildman–Crippen MR) is 74.4 cm³/mol. The zero-order valence-electron chi connectivity index (χ0n) is 9.91. The Hall–Kier alpha value is -1.20. The maximum absolute atomic E-state index is 13.0. The topological polar surface area (TPSA) is 50.9 Å². The lowest BCUT2D eigenvalue weighted by atomic mass is 10.0. The normalized spacial score (nSPS) is 12.4. The van der Waals surface area contributed by atoms with E-state index in [2.05, 4.69) is 10.4 Å². The van der Waals surface area contributed by atoms with Gasteiger partial charge >= 0.3 is 0 Å². The van der Waals surface area contributed by atoms with Crippen molar-refractivity contribution in [3.05, 3.63) is 63.6 Å². The molecule has 0 aliphatic carbocycles. The van der Waals surface area contributed by atoms with Crippen LogP contribution in [0.1, 0.15) is 17.2 Å². The van der Waals surface area contributed by atoms with Gasteiger partial charge in [0.2, 0.25) is 0 Å². The van der Waals surface area contributed by atoms with Crippen LogP contribution in [-0.2, 0) is 6.42 Å². The number of hydrazine groups is 1. The van der Waals surface area contributed by atoms with Gasteiger partial charge in [0, 0.05) is 11.2 Å². The Bertz CT molecular complexity index is 560. The van der Waals surface area contributed by atoms with Gasteiger partial charge < -0.3 is 0 Å². The van der Waals surface area contributed by atoms with Gasteiger partial charge in [-0.2, -0.15) is 0 Å². The summed E-state index contributed by atoms with van der Waals surface area (Å²) in [6.45, 7) is 0. The first-order valence-electron chi connectivity index (χ1n) is 5.61. The summed E-state index contributed by atoms with van der Waals surface area (Å²) >= 11 is 11.7. The Morgan fingerprint density at radius 3 is 2.63 bits per heavy atom. The fourth-order valence-electron chi connectivity index (χ4n) is 1.77. The van der Waals surface area contributed by atoms with E-state index in [1.54, 1.807) is 18.3 Å². The van der Waals surface area contributed by atoms with Gasteiger partial charge in [-0.15, -0.1) is 0 Å². The second-order valence-electron chi connectivity index (χ2n) is 4.07. The molecule has 0 amide bonds. The van der Waals surface area contributed by atoms with E-state index in [4.69, 9.17) is 29.0 Å². The molecule has 100 valence electrons.